The van der Waals surface area contributed by atoms with Gasteiger partial charge in [0.1, 0.15) is 30.0 Å². The molecule has 0 radical (unpaired) electrons. The molecule has 1 aliphatic rings. The van der Waals surface area contributed by atoms with Crippen molar-refractivity contribution in [1.82, 2.24) is 34.2 Å². The Morgan fingerprint density at radius 2 is 1.96 bits per heavy atom. The molecule has 26 heavy (non-hydrogen) atoms. The fraction of sp³-hybridized carbons (Fsp3) is 0.389. The van der Waals surface area contributed by atoms with Crippen molar-refractivity contribution in [2.24, 2.45) is 0 Å². The van der Waals surface area contributed by atoms with Gasteiger partial charge in [-0.25, -0.2) is 9.97 Å². The summed E-state index contributed by atoms with van der Waals surface area (Å²) in [6.07, 6.45) is 8.86. The van der Waals surface area contributed by atoms with Crippen LogP contribution in [0.4, 0.5) is 0 Å². The Kier molecular flexibility index (Phi) is 4.47. The van der Waals surface area contributed by atoms with Crippen molar-refractivity contribution in [2.75, 3.05) is 13.1 Å². The lowest BCUT2D eigenvalue weighted by atomic mass is 9.95. The topological polar surface area (TPSA) is 81.7 Å². The first-order valence-electron chi connectivity index (χ1n) is 8.88. The maximum absolute atomic E-state index is 12.8. The molecule has 0 aromatic carbocycles. The normalized spacial score (nSPS) is 15.3. The summed E-state index contributed by atoms with van der Waals surface area (Å²) in [5, 5.41) is 7.56. The molecule has 134 valence electrons. The van der Waals surface area contributed by atoms with Crippen LogP contribution >= 0.6 is 0 Å². The number of aryl methyl sites for hydroxylation is 1. The van der Waals surface area contributed by atoms with Crippen molar-refractivity contribution in [3.63, 3.8) is 0 Å². The van der Waals surface area contributed by atoms with E-state index in [2.05, 4.69) is 31.7 Å². The first kappa shape index (κ1) is 16.4. The highest BCUT2D eigenvalue weighted by Gasteiger charge is 2.27. The van der Waals surface area contributed by atoms with Crippen molar-refractivity contribution in [3.05, 3.63) is 54.8 Å². The minimum absolute atomic E-state index is 0.0304. The van der Waals surface area contributed by atoms with Gasteiger partial charge >= 0.3 is 0 Å². The van der Waals surface area contributed by atoms with Crippen LogP contribution < -0.4 is 0 Å². The molecule has 1 fully saturated rings. The van der Waals surface area contributed by atoms with Crippen molar-refractivity contribution in [1.29, 1.82) is 0 Å². The Labute approximate surface area is 151 Å². The molecule has 0 N–H and O–H groups in total. The Hall–Kier alpha value is -3.03. The van der Waals surface area contributed by atoms with Crippen LogP contribution in [0.5, 0.6) is 0 Å². The maximum Gasteiger partial charge on any atom is 0.272 e. The number of amides is 1. The van der Waals surface area contributed by atoms with Gasteiger partial charge in [0.05, 0.1) is 0 Å². The summed E-state index contributed by atoms with van der Waals surface area (Å²) in [5.41, 5.74) is 0.449. The highest BCUT2D eigenvalue weighted by molar-refractivity contribution is 5.92. The number of likely N-dealkylation sites (tertiary alicyclic amines) is 1. The number of hydrogen-bond donors (Lipinski definition) is 0. The summed E-state index contributed by atoms with van der Waals surface area (Å²) in [6.45, 7) is 4.49. The molecule has 3 aromatic rings. The van der Waals surface area contributed by atoms with Gasteiger partial charge in [0.2, 0.25) is 0 Å². The quantitative estimate of drug-likeness (QED) is 0.717. The van der Waals surface area contributed by atoms with Crippen molar-refractivity contribution in [2.45, 2.75) is 32.2 Å². The molecule has 1 saturated heterocycles. The van der Waals surface area contributed by atoms with Crippen LogP contribution in [0, 0.1) is 0 Å². The maximum atomic E-state index is 12.8. The molecule has 3 aromatic heterocycles. The number of pyridine rings is 1. The molecule has 0 unspecified atom stereocenters. The highest BCUT2D eigenvalue weighted by atomic mass is 16.2. The molecular weight excluding hydrogens is 330 g/mol. The summed E-state index contributed by atoms with van der Waals surface area (Å²) in [4.78, 5) is 23.7. The van der Waals surface area contributed by atoms with Crippen LogP contribution in [0.25, 0.3) is 5.82 Å². The summed E-state index contributed by atoms with van der Waals surface area (Å²) < 4.78 is 3.87. The lowest BCUT2D eigenvalue weighted by Crippen LogP contribution is -2.38. The third-order valence-electron chi connectivity index (χ3n) is 4.87. The lowest BCUT2D eigenvalue weighted by Gasteiger charge is -2.31. The number of imidazole rings is 1. The average Bonchev–Trinajstić information content (AvgIpc) is 3.39. The second-order valence-electron chi connectivity index (χ2n) is 6.39. The van der Waals surface area contributed by atoms with E-state index >= 15 is 0 Å². The first-order valence-corrected chi connectivity index (χ1v) is 8.88. The third-order valence-corrected chi connectivity index (χ3v) is 4.87. The zero-order valence-corrected chi connectivity index (χ0v) is 14.7. The molecule has 4 rings (SSSR count). The van der Waals surface area contributed by atoms with Gasteiger partial charge in [0.25, 0.3) is 5.91 Å². The van der Waals surface area contributed by atoms with E-state index in [0.717, 1.165) is 38.3 Å². The van der Waals surface area contributed by atoms with E-state index in [1.165, 1.54) is 0 Å². The molecule has 0 bridgehead atoms. The van der Waals surface area contributed by atoms with E-state index in [0.29, 0.717) is 17.4 Å². The predicted molar refractivity (Wildman–Crippen MR) is 94.9 cm³/mol. The van der Waals surface area contributed by atoms with Gasteiger partial charge in [-0.15, -0.1) is 10.2 Å². The largest absolute Gasteiger partial charge is 0.337 e. The molecule has 4 heterocycles. The van der Waals surface area contributed by atoms with Crippen molar-refractivity contribution in [3.8, 4) is 5.82 Å². The first-order chi connectivity index (χ1) is 12.8. The zero-order valence-electron chi connectivity index (χ0n) is 14.7. The number of piperidine rings is 1. The van der Waals surface area contributed by atoms with Gasteiger partial charge in [-0.3, -0.25) is 9.36 Å². The van der Waals surface area contributed by atoms with Crippen LogP contribution in [0.2, 0.25) is 0 Å². The Morgan fingerprint density at radius 3 is 2.69 bits per heavy atom. The van der Waals surface area contributed by atoms with Crippen LogP contribution in [-0.4, -0.2) is 53.2 Å². The molecule has 0 saturated carbocycles. The van der Waals surface area contributed by atoms with E-state index in [-0.39, 0.29) is 5.91 Å². The van der Waals surface area contributed by atoms with E-state index in [1.54, 1.807) is 23.3 Å². The number of rotatable bonds is 4. The Bertz CT molecular complexity index is 879. The summed E-state index contributed by atoms with van der Waals surface area (Å²) in [5.74, 6) is 2.15. The molecular formula is C18H21N7O. The smallest absolute Gasteiger partial charge is 0.272 e. The van der Waals surface area contributed by atoms with E-state index < -0.39 is 0 Å². The van der Waals surface area contributed by atoms with E-state index in [1.807, 2.05) is 29.4 Å². The summed E-state index contributed by atoms with van der Waals surface area (Å²) in [6, 6.07) is 5.42. The average molecular weight is 351 g/mol. The zero-order chi connectivity index (χ0) is 17.9. The number of nitrogens with zero attached hydrogens (tertiary/aromatic N) is 7. The van der Waals surface area contributed by atoms with Gasteiger partial charge in [0.15, 0.2) is 0 Å². The fourth-order valence-electron chi connectivity index (χ4n) is 3.46. The van der Waals surface area contributed by atoms with Crippen molar-refractivity contribution >= 4 is 5.91 Å². The second kappa shape index (κ2) is 7.07. The van der Waals surface area contributed by atoms with Crippen LogP contribution in [0.1, 0.15) is 42.0 Å². The van der Waals surface area contributed by atoms with Gasteiger partial charge in [-0.2, -0.15) is 0 Å². The van der Waals surface area contributed by atoms with Gasteiger partial charge in [-0.1, -0.05) is 6.07 Å². The van der Waals surface area contributed by atoms with Crippen LogP contribution in [0.15, 0.2) is 43.2 Å². The van der Waals surface area contributed by atoms with Crippen molar-refractivity contribution < 1.29 is 4.79 Å². The molecule has 0 spiro atoms. The monoisotopic (exact) mass is 351 g/mol. The molecule has 0 aliphatic carbocycles. The molecule has 1 amide bonds. The van der Waals surface area contributed by atoms with E-state index in [9.17, 15) is 4.79 Å². The van der Waals surface area contributed by atoms with Crippen LogP contribution in [0.3, 0.4) is 0 Å². The molecule has 8 nitrogen and oxygen atoms in total. The molecule has 8 heteroatoms. The minimum atomic E-state index is -0.0304. The van der Waals surface area contributed by atoms with Gasteiger partial charge in [0, 0.05) is 37.9 Å². The third kappa shape index (κ3) is 3.10. The standard InChI is InChI=1S/C18H21N7O/c1-2-23-11-8-19-17(23)14-6-9-24(10-7-14)18(26)15-4-3-5-16(22-15)25-12-20-21-13-25/h3-5,8,11-14H,2,6-7,9-10H2,1H3. The molecule has 0 atom stereocenters. The lowest BCUT2D eigenvalue weighted by molar-refractivity contribution is 0.0704. The minimum Gasteiger partial charge on any atom is -0.337 e. The predicted octanol–water partition coefficient (Wildman–Crippen LogP) is 1.90. The number of carbonyl (C=O) groups excluding carboxylic acids is 1. The Morgan fingerprint density at radius 1 is 1.19 bits per heavy atom. The summed E-state index contributed by atoms with van der Waals surface area (Å²) >= 11 is 0. The van der Waals surface area contributed by atoms with Gasteiger partial charge < -0.3 is 9.47 Å². The highest BCUT2D eigenvalue weighted by Crippen LogP contribution is 2.27. The molecule has 1 aliphatic heterocycles. The number of aromatic nitrogens is 6. The second-order valence-corrected chi connectivity index (χ2v) is 6.39. The Balaban J connectivity index is 1.45. The van der Waals surface area contributed by atoms with E-state index in [4.69, 9.17) is 0 Å². The fourth-order valence-corrected chi connectivity index (χ4v) is 3.46. The van der Waals surface area contributed by atoms with Gasteiger partial charge in [-0.05, 0) is 31.9 Å². The number of carbonyl (C=O) groups is 1. The summed E-state index contributed by atoms with van der Waals surface area (Å²) in [7, 11) is 0. The SMILES string of the molecule is CCn1ccnc1C1CCN(C(=O)c2cccc(-n3cnnc3)n2)CC1. The number of hydrogen-bond acceptors (Lipinski definition) is 5. The van der Waals surface area contributed by atoms with Crippen LogP contribution in [-0.2, 0) is 6.54 Å².